The molecule has 0 aromatic rings. The van der Waals surface area contributed by atoms with Gasteiger partial charge in [0.25, 0.3) is 0 Å². The van der Waals surface area contributed by atoms with Gasteiger partial charge in [0.1, 0.15) is 19.3 Å². The number of carbonyl (C=O) groups excluding carboxylic acids is 4. The van der Waals surface area contributed by atoms with Gasteiger partial charge < -0.3 is 33.8 Å². The first-order chi connectivity index (χ1) is 41.8. The average molecular weight is 1280 g/mol. The van der Waals surface area contributed by atoms with Crippen LogP contribution in [0.3, 0.4) is 0 Å². The summed E-state index contributed by atoms with van der Waals surface area (Å²) in [7, 11) is -9.89. The summed E-state index contributed by atoms with van der Waals surface area (Å²) in [4.78, 5) is 72.3. The van der Waals surface area contributed by atoms with E-state index in [-0.39, 0.29) is 25.7 Å². The minimum Gasteiger partial charge on any atom is -0.462 e. The molecule has 6 atom stereocenters. The third-order valence-corrected chi connectivity index (χ3v) is 17.9. The number of ether oxygens (including phenoxy) is 4. The maximum Gasteiger partial charge on any atom is 0.472 e. The van der Waals surface area contributed by atoms with E-state index in [4.69, 9.17) is 37.0 Å². The van der Waals surface area contributed by atoms with E-state index < -0.39 is 97.5 Å². The van der Waals surface area contributed by atoms with Crippen LogP contribution in [0.25, 0.3) is 0 Å². The van der Waals surface area contributed by atoms with Crippen LogP contribution in [-0.4, -0.2) is 96.7 Å². The van der Waals surface area contributed by atoms with Crippen molar-refractivity contribution >= 4 is 39.5 Å². The lowest BCUT2D eigenvalue weighted by Crippen LogP contribution is -2.30. The summed E-state index contributed by atoms with van der Waals surface area (Å²) in [6.45, 7) is 11.8. The standard InChI is InChI=1S/C68H132O17P2/c1-8-10-11-12-25-35-42-49-65(70)78-55-64(85-68(73)52-45-38-31-30-34-41-48-61(7)9-2)58-83-87(76,77)81-54-62(69)53-80-86(74,75)82-57-63(84-67(72)51-44-37-29-24-20-16-14-18-22-27-33-40-47-60(5)6)56-79-66(71)50-43-36-28-23-19-15-13-17-21-26-32-39-46-59(3)4/h59-64,69H,8-58H2,1-7H3,(H,74,75)(H,76,77)/t61?,62-,63-,64-/m1/s1. The first kappa shape index (κ1) is 85.1. The number of esters is 4. The number of hydrogen-bond acceptors (Lipinski definition) is 15. The van der Waals surface area contributed by atoms with Gasteiger partial charge in [-0.1, -0.05) is 286 Å². The zero-order chi connectivity index (χ0) is 64.5. The largest absolute Gasteiger partial charge is 0.472 e. The normalized spacial score (nSPS) is 14.6. The second-order valence-corrected chi connectivity index (χ2v) is 28.7. The SMILES string of the molecule is CCCCCCCCCC(=O)OC[C@H](COP(=O)(O)OC[C@H](O)COP(=O)(O)OC[C@@H](COC(=O)CCCCCCCCCCCCCCC(C)C)OC(=O)CCCCCCCCCCCCCCC(C)C)OC(=O)CCCCCCCCC(C)CC. The number of phosphoric acid groups is 2. The maximum atomic E-state index is 13.0. The smallest absolute Gasteiger partial charge is 0.462 e. The molecule has 0 aliphatic heterocycles. The van der Waals surface area contributed by atoms with Crippen molar-refractivity contribution in [2.75, 3.05) is 39.6 Å². The van der Waals surface area contributed by atoms with Crippen LogP contribution >= 0.6 is 15.6 Å². The minimum atomic E-state index is -4.95. The van der Waals surface area contributed by atoms with Gasteiger partial charge >= 0.3 is 39.5 Å². The van der Waals surface area contributed by atoms with Gasteiger partial charge in [-0.15, -0.1) is 0 Å². The molecule has 17 nitrogen and oxygen atoms in total. The van der Waals surface area contributed by atoms with E-state index in [9.17, 15) is 43.2 Å². The predicted octanol–water partition coefficient (Wildman–Crippen LogP) is 19.1. The highest BCUT2D eigenvalue weighted by Gasteiger charge is 2.30. The average Bonchev–Trinajstić information content (AvgIpc) is 3.70. The third kappa shape index (κ3) is 61.3. The fourth-order valence-electron chi connectivity index (χ4n) is 10.2. The summed E-state index contributed by atoms with van der Waals surface area (Å²) in [5.41, 5.74) is 0. The Morgan fingerprint density at radius 1 is 0.333 bits per heavy atom. The van der Waals surface area contributed by atoms with Crippen molar-refractivity contribution in [1.29, 1.82) is 0 Å². The van der Waals surface area contributed by atoms with Gasteiger partial charge in [-0.05, 0) is 43.4 Å². The molecule has 0 spiro atoms. The van der Waals surface area contributed by atoms with E-state index in [0.717, 1.165) is 120 Å². The molecule has 0 aliphatic carbocycles. The summed E-state index contributed by atoms with van der Waals surface area (Å²) in [5, 5.41) is 10.6. The maximum absolute atomic E-state index is 13.0. The van der Waals surface area contributed by atoms with E-state index in [2.05, 4.69) is 48.5 Å². The molecular formula is C68H132O17P2. The Hall–Kier alpha value is -1.94. The second kappa shape index (κ2) is 59.1. The molecule has 516 valence electrons. The quantitative estimate of drug-likeness (QED) is 0.0222. The van der Waals surface area contributed by atoms with E-state index in [1.165, 1.54) is 135 Å². The van der Waals surface area contributed by atoms with Gasteiger partial charge in [-0.25, -0.2) is 9.13 Å². The Morgan fingerprint density at radius 2 is 0.586 bits per heavy atom. The van der Waals surface area contributed by atoms with Crippen LogP contribution < -0.4 is 0 Å². The molecule has 0 aromatic carbocycles. The summed E-state index contributed by atoms with van der Waals surface area (Å²) >= 11 is 0. The number of unbranched alkanes of at least 4 members (excludes halogenated alkanes) is 33. The summed E-state index contributed by atoms with van der Waals surface area (Å²) < 4.78 is 68.1. The molecule has 3 unspecified atom stereocenters. The van der Waals surface area contributed by atoms with Crippen LogP contribution in [0, 0.1) is 17.8 Å². The van der Waals surface area contributed by atoms with Crippen molar-refractivity contribution < 1.29 is 80.2 Å². The minimum absolute atomic E-state index is 0.102. The van der Waals surface area contributed by atoms with E-state index >= 15 is 0 Å². The predicted molar refractivity (Wildman–Crippen MR) is 349 cm³/mol. The number of aliphatic hydroxyl groups excluding tert-OH is 1. The Bertz CT molecular complexity index is 1720. The molecule has 0 heterocycles. The van der Waals surface area contributed by atoms with Crippen molar-refractivity contribution in [2.24, 2.45) is 17.8 Å². The monoisotopic (exact) mass is 1280 g/mol. The van der Waals surface area contributed by atoms with Crippen LogP contribution in [0.2, 0.25) is 0 Å². The number of aliphatic hydroxyl groups is 1. The molecule has 0 aliphatic rings. The molecule has 0 saturated heterocycles. The zero-order valence-electron chi connectivity index (χ0n) is 56.5. The highest BCUT2D eigenvalue weighted by molar-refractivity contribution is 7.47. The number of carbonyl (C=O) groups is 4. The summed E-state index contributed by atoms with van der Waals surface area (Å²) in [6.07, 6.45) is 41.8. The van der Waals surface area contributed by atoms with Crippen molar-refractivity contribution in [1.82, 2.24) is 0 Å². The van der Waals surface area contributed by atoms with Crippen molar-refractivity contribution in [3.63, 3.8) is 0 Å². The molecular weight excluding hydrogens is 1150 g/mol. The van der Waals surface area contributed by atoms with E-state index in [1.807, 2.05) is 0 Å². The molecule has 0 amide bonds. The molecule has 0 rings (SSSR count). The summed E-state index contributed by atoms with van der Waals surface area (Å²) in [6, 6.07) is 0. The van der Waals surface area contributed by atoms with Crippen LogP contribution in [0.5, 0.6) is 0 Å². The lowest BCUT2D eigenvalue weighted by atomic mass is 10.00. The molecule has 0 bridgehead atoms. The van der Waals surface area contributed by atoms with Crippen LogP contribution in [0.15, 0.2) is 0 Å². The van der Waals surface area contributed by atoms with Crippen molar-refractivity contribution in [3.05, 3.63) is 0 Å². The Balaban J connectivity index is 5.22. The van der Waals surface area contributed by atoms with Crippen LogP contribution in [-0.2, 0) is 65.4 Å². The number of phosphoric ester groups is 2. The molecule has 0 saturated carbocycles. The second-order valence-electron chi connectivity index (χ2n) is 25.8. The Morgan fingerprint density at radius 3 is 0.874 bits per heavy atom. The summed E-state index contributed by atoms with van der Waals surface area (Å²) in [5.74, 6) is 0.143. The first-order valence-electron chi connectivity index (χ1n) is 35.4. The molecule has 0 fully saturated rings. The topological polar surface area (TPSA) is 237 Å². The van der Waals surface area contributed by atoms with Crippen molar-refractivity contribution in [3.8, 4) is 0 Å². The molecule has 87 heavy (non-hydrogen) atoms. The van der Waals surface area contributed by atoms with Crippen LogP contribution in [0.4, 0.5) is 0 Å². The number of hydrogen-bond donors (Lipinski definition) is 3. The Kier molecular flexibility index (Phi) is 57.8. The molecule has 0 aromatic heterocycles. The highest BCUT2D eigenvalue weighted by atomic mass is 31.2. The lowest BCUT2D eigenvalue weighted by Gasteiger charge is -2.21. The van der Waals surface area contributed by atoms with Gasteiger partial charge in [0.15, 0.2) is 12.2 Å². The van der Waals surface area contributed by atoms with Gasteiger partial charge in [0.2, 0.25) is 0 Å². The van der Waals surface area contributed by atoms with Gasteiger partial charge in [-0.3, -0.25) is 37.3 Å². The van der Waals surface area contributed by atoms with Gasteiger partial charge in [0.05, 0.1) is 26.4 Å². The van der Waals surface area contributed by atoms with E-state index in [0.29, 0.717) is 25.7 Å². The Labute approximate surface area is 530 Å². The fourth-order valence-corrected chi connectivity index (χ4v) is 11.7. The fraction of sp³-hybridized carbons (Fsp3) is 0.941. The van der Waals surface area contributed by atoms with Crippen molar-refractivity contribution in [2.45, 2.75) is 356 Å². The third-order valence-electron chi connectivity index (χ3n) is 16.0. The first-order valence-corrected chi connectivity index (χ1v) is 38.4. The highest BCUT2D eigenvalue weighted by Crippen LogP contribution is 2.45. The van der Waals surface area contributed by atoms with Crippen LogP contribution in [0.1, 0.15) is 337 Å². The number of rotatable bonds is 66. The zero-order valence-corrected chi connectivity index (χ0v) is 58.3. The molecule has 0 radical (unpaired) electrons. The van der Waals surface area contributed by atoms with E-state index in [1.54, 1.807) is 0 Å². The van der Waals surface area contributed by atoms with Gasteiger partial charge in [0, 0.05) is 25.7 Å². The molecule has 19 heteroatoms. The molecule has 3 N–H and O–H groups in total. The van der Waals surface area contributed by atoms with Gasteiger partial charge in [-0.2, -0.15) is 0 Å². The lowest BCUT2D eigenvalue weighted by molar-refractivity contribution is -0.161.